The highest BCUT2D eigenvalue weighted by molar-refractivity contribution is 5.83. The molecule has 0 aliphatic heterocycles. The number of nitrogens with zero attached hydrogens (tertiary/aromatic N) is 2. The fourth-order valence-electron chi connectivity index (χ4n) is 2.90. The van der Waals surface area contributed by atoms with Gasteiger partial charge in [0.05, 0.1) is 12.0 Å². The molecule has 0 N–H and O–H groups in total. The van der Waals surface area contributed by atoms with Gasteiger partial charge in [-0.3, -0.25) is 4.79 Å². The maximum absolute atomic E-state index is 12.9. The van der Waals surface area contributed by atoms with Crippen LogP contribution in [0.3, 0.4) is 0 Å². The highest BCUT2D eigenvalue weighted by atomic mass is 19.1. The molecule has 0 spiro atoms. The molecule has 3 rings (SSSR count). The second-order valence-electron chi connectivity index (χ2n) is 6.25. The molecule has 21 heavy (non-hydrogen) atoms. The minimum absolute atomic E-state index is 0.0157. The van der Waals surface area contributed by atoms with Crippen LogP contribution >= 0.6 is 0 Å². The van der Waals surface area contributed by atoms with E-state index in [2.05, 4.69) is 6.07 Å². The van der Waals surface area contributed by atoms with E-state index < -0.39 is 0 Å². The third kappa shape index (κ3) is 3.07. The van der Waals surface area contributed by atoms with E-state index in [4.69, 9.17) is 5.26 Å². The summed E-state index contributed by atoms with van der Waals surface area (Å²) in [6.07, 6.45) is 2.95. The standard InChI is InChI=1S/C17H19FN2O/c1-11(9-19)10-20(14-6-7-14)17(21)16-8-15(16)12-2-4-13(18)5-3-12/h2-5,11,14-16H,6-8,10H2,1H3/t11-,15+,16-/m1/s1. The van der Waals surface area contributed by atoms with Crippen molar-refractivity contribution in [3.63, 3.8) is 0 Å². The Balaban J connectivity index is 1.65. The van der Waals surface area contributed by atoms with Crippen molar-refractivity contribution in [2.45, 2.75) is 38.1 Å². The second kappa shape index (κ2) is 5.48. The van der Waals surface area contributed by atoms with Crippen molar-refractivity contribution in [1.29, 1.82) is 5.26 Å². The maximum atomic E-state index is 12.9. The summed E-state index contributed by atoms with van der Waals surface area (Å²) in [7, 11) is 0. The van der Waals surface area contributed by atoms with Crippen LogP contribution in [0.2, 0.25) is 0 Å². The van der Waals surface area contributed by atoms with Gasteiger partial charge in [0.2, 0.25) is 5.91 Å². The summed E-state index contributed by atoms with van der Waals surface area (Å²) in [6, 6.07) is 8.98. The lowest BCUT2D eigenvalue weighted by molar-refractivity contribution is -0.133. The molecular weight excluding hydrogens is 267 g/mol. The summed E-state index contributed by atoms with van der Waals surface area (Å²) in [5, 5.41) is 8.95. The molecule has 2 fully saturated rings. The van der Waals surface area contributed by atoms with Gasteiger partial charge in [-0.05, 0) is 49.8 Å². The van der Waals surface area contributed by atoms with Crippen LogP contribution in [-0.2, 0) is 4.79 Å². The van der Waals surface area contributed by atoms with Gasteiger partial charge in [0.15, 0.2) is 0 Å². The molecule has 0 heterocycles. The Labute approximate surface area is 124 Å². The molecule has 0 unspecified atom stereocenters. The quantitative estimate of drug-likeness (QED) is 0.835. The zero-order chi connectivity index (χ0) is 15.0. The molecule has 1 amide bonds. The van der Waals surface area contributed by atoms with Gasteiger partial charge >= 0.3 is 0 Å². The smallest absolute Gasteiger partial charge is 0.226 e. The van der Waals surface area contributed by atoms with Crippen molar-refractivity contribution in [1.82, 2.24) is 4.90 Å². The van der Waals surface area contributed by atoms with Crippen LogP contribution in [0.5, 0.6) is 0 Å². The zero-order valence-electron chi connectivity index (χ0n) is 12.1. The summed E-state index contributed by atoms with van der Waals surface area (Å²) < 4.78 is 12.9. The summed E-state index contributed by atoms with van der Waals surface area (Å²) >= 11 is 0. The number of nitriles is 1. The van der Waals surface area contributed by atoms with Crippen molar-refractivity contribution >= 4 is 5.91 Å². The number of carbonyl (C=O) groups excluding carboxylic acids is 1. The van der Waals surface area contributed by atoms with E-state index in [0.29, 0.717) is 12.6 Å². The lowest BCUT2D eigenvalue weighted by Gasteiger charge is -2.23. The largest absolute Gasteiger partial charge is 0.338 e. The fourth-order valence-corrected chi connectivity index (χ4v) is 2.90. The van der Waals surface area contributed by atoms with Crippen LogP contribution in [0, 0.1) is 29.0 Å². The zero-order valence-corrected chi connectivity index (χ0v) is 12.1. The van der Waals surface area contributed by atoms with Crippen LogP contribution in [-0.4, -0.2) is 23.4 Å². The van der Waals surface area contributed by atoms with Gasteiger partial charge in [-0.1, -0.05) is 12.1 Å². The molecule has 2 aliphatic carbocycles. The number of halogens is 1. The molecule has 0 radical (unpaired) electrons. The average Bonchev–Trinajstić information content (AvgIpc) is 3.37. The number of carbonyl (C=O) groups is 1. The number of hydrogen-bond donors (Lipinski definition) is 0. The van der Waals surface area contributed by atoms with E-state index in [1.54, 1.807) is 12.1 Å². The van der Waals surface area contributed by atoms with Crippen molar-refractivity contribution in [2.24, 2.45) is 11.8 Å². The minimum Gasteiger partial charge on any atom is -0.338 e. The number of hydrogen-bond acceptors (Lipinski definition) is 2. The molecule has 1 aromatic rings. The van der Waals surface area contributed by atoms with Crippen LogP contribution in [0.15, 0.2) is 24.3 Å². The normalized spacial score (nSPS) is 25.0. The molecule has 0 saturated heterocycles. The predicted octanol–water partition coefficient (Wildman–Crippen LogP) is 3.08. The molecule has 0 aromatic heterocycles. The first kappa shape index (κ1) is 14.1. The molecule has 2 aliphatic rings. The van der Waals surface area contributed by atoms with Gasteiger partial charge < -0.3 is 4.90 Å². The average molecular weight is 286 g/mol. The van der Waals surface area contributed by atoms with Gasteiger partial charge in [0.1, 0.15) is 5.82 Å². The first-order valence-electron chi connectivity index (χ1n) is 7.55. The summed E-state index contributed by atoms with van der Waals surface area (Å²) in [4.78, 5) is 14.5. The highest BCUT2D eigenvalue weighted by Gasteiger charge is 2.48. The first-order chi connectivity index (χ1) is 10.1. The Bertz CT molecular complexity index is 573. The number of amides is 1. The van der Waals surface area contributed by atoms with E-state index in [9.17, 15) is 9.18 Å². The topological polar surface area (TPSA) is 44.1 Å². The highest BCUT2D eigenvalue weighted by Crippen LogP contribution is 2.49. The molecule has 0 bridgehead atoms. The van der Waals surface area contributed by atoms with Gasteiger partial charge in [-0.2, -0.15) is 5.26 Å². The summed E-state index contributed by atoms with van der Waals surface area (Å²) in [6.45, 7) is 2.39. The Hall–Kier alpha value is -1.89. The lowest BCUT2D eigenvalue weighted by atomic mass is 10.1. The van der Waals surface area contributed by atoms with Crippen molar-refractivity contribution in [2.75, 3.05) is 6.54 Å². The van der Waals surface area contributed by atoms with E-state index in [-0.39, 0.29) is 29.5 Å². The Morgan fingerprint density at radius 3 is 2.67 bits per heavy atom. The molecule has 4 heteroatoms. The first-order valence-corrected chi connectivity index (χ1v) is 7.55. The van der Waals surface area contributed by atoms with E-state index in [1.165, 1.54) is 12.1 Å². The monoisotopic (exact) mass is 286 g/mol. The van der Waals surface area contributed by atoms with Gasteiger partial charge in [-0.15, -0.1) is 0 Å². The molecule has 1 aromatic carbocycles. The lowest BCUT2D eigenvalue weighted by Crippen LogP contribution is -2.37. The van der Waals surface area contributed by atoms with E-state index in [1.807, 2.05) is 11.8 Å². The Morgan fingerprint density at radius 2 is 2.10 bits per heavy atom. The van der Waals surface area contributed by atoms with Gasteiger partial charge in [0, 0.05) is 18.5 Å². The van der Waals surface area contributed by atoms with Gasteiger partial charge in [-0.25, -0.2) is 4.39 Å². The molecule has 2 saturated carbocycles. The molecule has 110 valence electrons. The number of benzene rings is 1. The van der Waals surface area contributed by atoms with Gasteiger partial charge in [0.25, 0.3) is 0 Å². The van der Waals surface area contributed by atoms with Crippen LogP contribution < -0.4 is 0 Å². The summed E-state index contributed by atoms with van der Waals surface area (Å²) in [5.41, 5.74) is 1.04. The third-order valence-corrected chi connectivity index (χ3v) is 4.37. The van der Waals surface area contributed by atoms with Crippen molar-refractivity contribution in [3.05, 3.63) is 35.6 Å². The Morgan fingerprint density at radius 1 is 1.43 bits per heavy atom. The molecular formula is C17H19FN2O. The van der Waals surface area contributed by atoms with Crippen LogP contribution in [0.25, 0.3) is 0 Å². The van der Waals surface area contributed by atoms with Crippen molar-refractivity contribution in [3.8, 4) is 6.07 Å². The van der Waals surface area contributed by atoms with E-state index >= 15 is 0 Å². The van der Waals surface area contributed by atoms with E-state index in [0.717, 1.165) is 24.8 Å². The Kier molecular flexibility index (Phi) is 3.67. The maximum Gasteiger partial charge on any atom is 0.226 e. The number of rotatable bonds is 5. The van der Waals surface area contributed by atoms with Crippen molar-refractivity contribution < 1.29 is 9.18 Å². The molecule has 3 atom stereocenters. The predicted molar refractivity (Wildman–Crippen MR) is 76.8 cm³/mol. The second-order valence-corrected chi connectivity index (χ2v) is 6.25. The van der Waals surface area contributed by atoms with Crippen LogP contribution in [0.4, 0.5) is 4.39 Å². The SMILES string of the molecule is C[C@H](C#N)CN(C(=O)[C@@H]1C[C@H]1c1ccc(F)cc1)C1CC1. The van der Waals surface area contributed by atoms with Crippen LogP contribution in [0.1, 0.15) is 37.7 Å². The third-order valence-electron chi connectivity index (χ3n) is 4.37. The molecule has 3 nitrogen and oxygen atoms in total. The minimum atomic E-state index is -0.246. The summed E-state index contributed by atoms with van der Waals surface area (Å²) in [5.74, 6) is 0.0370. The fraction of sp³-hybridized carbons (Fsp3) is 0.529.